The van der Waals surface area contributed by atoms with Gasteiger partial charge in [0.15, 0.2) is 5.76 Å². The lowest BCUT2D eigenvalue weighted by Crippen LogP contribution is -2.32. The molecule has 6 nitrogen and oxygen atoms in total. The number of aryl methyl sites for hydroxylation is 2. The first-order chi connectivity index (χ1) is 13.5. The van der Waals surface area contributed by atoms with Crippen molar-refractivity contribution in [2.45, 2.75) is 26.9 Å². The molecule has 0 fully saturated rings. The Balaban J connectivity index is 1.72. The fraction of sp³-hybridized carbons (Fsp3) is 0.182. The number of hydrogen-bond donors (Lipinski definition) is 1. The molecule has 3 heterocycles. The Labute approximate surface area is 161 Å². The molecular weight excluding hydrogens is 356 g/mol. The van der Waals surface area contributed by atoms with Gasteiger partial charge >= 0.3 is 0 Å². The Morgan fingerprint density at radius 3 is 2.54 bits per heavy atom. The monoisotopic (exact) mass is 376 g/mol. The van der Waals surface area contributed by atoms with Crippen LogP contribution in [0, 0.1) is 13.8 Å². The van der Waals surface area contributed by atoms with Crippen LogP contribution in [-0.2, 0) is 13.1 Å². The largest absolute Gasteiger partial charge is 0.467 e. The van der Waals surface area contributed by atoms with Gasteiger partial charge in [-0.3, -0.25) is 9.59 Å². The average molecular weight is 376 g/mol. The Kier molecular flexibility index (Phi) is 4.61. The summed E-state index contributed by atoms with van der Waals surface area (Å²) in [6.07, 6.45) is 3.01. The number of aromatic amines is 1. The van der Waals surface area contributed by atoms with Gasteiger partial charge < -0.3 is 18.7 Å². The van der Waals surface area contributed by atoms with E-state index in [1.807, 2.05) is 26.0 Å². The molecule has 0 aliphatic heterocycles. The molecule has 0 bridgehead atoms. The quantitative estimate of drug-likeness (QED) is 0.567. The fourth-order valence-electron chi connectivity index (χ4n) is 3.39. The lowest BCUT2D eigenvalue weighted by Gasteiger charge is -2.20. The topological polar surface area (TPSA) is 79.5 Å². The lowest BCUT2D eigenvalue weighted by atomic mass is 10.0. The number of carbonyl (C=O) groups excluding carboxylic acids is 1. The number of amides is 1. The van der Waals surface area contributed by atoms with Crippen molar-refractivity contribution in [3.8, 4) is 0 Å². The van der Waals surface area contributed by atoms with Gasteiger partial charge in [-0.15, -0.1) is 0 Å². The SMILES string of the molecule is Cc1cc(C)c2cc(CN(Cc3ccco3)C(=O)c3ccco3)c(=O)[nH]c2c1. The molecule has 4 rings (SSSR count). The normalized spacial score (nSPS) is 11.1. The molecule has 1 N–H and O–H groups in total. The minimum Gasteiger partial charge on any atom is -0.467 e. The molecule has 1 aromatic carbocycles. The van der Waals surface area contributed by atoms with Crippen LogP contribution >= 0.6 is 0 Å². The molecule has 0 aliphatic rings. The van der Waals surface area contributed by atoms with E-state index in [-0.39, 0.29) is 30.3 Å². The number of aromatic nitrogens is 1. The van der Waals surface area contributed by atoms with Crippen molar-refractivity contribution in [1.82, 2.24) is 9.88 Å². The van der Waals surface area contributed by atoms with Gasteiger partial charge in [0.2, 0.25) is 0 Å². The van der Waals surface area contributed by atoms with Gasteiger partial charge in [-0.2, -0.15) is 0 Å². The zero-order valence-electron chi connectivity index (χ0n) is 15.7. The van der Waals surface area contributed by atoms with Crippen molar-refractivity contribution in [3.63, 3.8) is 0 Å². The third kappa shape index (κ3) is 3.49. The van der Waals surface area contributed by atoms with Crippen molar-refractivity contribution < 1.29 is 13.6 Å². The molecule has 0 saturated heterocycles. The number of rotatable bonds is 5. The Morgan fingerprint density at radius 1 is 1.04 bits per heavy atom. The molecule has 0 aliphatic carbocycles. The second-order valence-corrected chi connectivity index (χ2v) is 6.88. The van der Waals surface area contributed by atoms with Crippen LogP contribution in [-0.4, -0.2) is 15.8 Å². The van der Waals surface area contributed by atoms with E-state index in [1.54, 1.807) is 30.5 Å². The highest BCUT2D eigenvalue weighted by Gasteiger charge is 2.21. The summed E-state index contributed by atoms with van der Waals surface area (Å²) in [5, 5.41) is 0.962. The van der Waals surface area contributed by atoms with Gasteiger partial charge in [-0.25, -0.2) is 0 Å². The molecule has 0 unspecified atom stereocenters. The molecule has 0 atom stereocenters. The molecule has 0 spiro atoms. The molecule has 4 aromatic rings. The van der Waals surface area contributed by atoms with Crippen LogP contribution in [0.4, 0.5) is 0 Å². The van der Waals surface area contributed by atoms with Crippen LogP contribution < -0.4 is 5.56 Å². The van der Waals surface area contributed by atoms with Crippen LogP contribution in [0.3, 0.4) is 0 Å². The smallest absolute Gasteiger partial charge is 0.290 e. The second-order valence-electron chi connectivity index (χ2n) is 6.88. The van der Waals surface area contributed by atoms with Crippen LogP contribution in [0.25, 0.3) is 10.9 Å². The summed E-state index contributed by atoms with van der Waals surface area (Å²) in [5.41, 5.74) is 3.24. The van der Waals surface area contributed by atoms with E-state index in [4.69, 9.17) is 8.83 Å². The summed E-state index contributed by atoms with van der Waals surface area (Å²) >= 11 is 0. The third-order valence-electron chi connectivity index (χ3n) is 4.70. The number of fused-ring (bicyclic) bond motifs is 1. The first-order valence-corrected chi connectivity index (χ1v) is 8.99. The summed E-state index contributed by atoms with van der Waals surface area (Å²) in [6, 6.07) is 12.7. The summed E-state index contributed by atoms with van der Waals surface area (Å²) < 4.78 is 10.6. The van der Waals surface area contributed by atoms with Crippen LogP contribution in [0.5, 0.6) is 0 Å². The number of furan rings is 2. The van der Waals surface area contributed by atoms with Gasteiger partial charge in [0.25, 0.3) is 11.5 Å². The van der Waals surface area contributed by atoms with E-state index in [1.165, 1.54) is 11.2 Å². The van der Waals surface area contributed by atoms with E-state index in [2.05, 4.69) is 11.1 Å². The maximum atomic E-state index is 12.9. The highest BCUT2D eigenvalue weighted by molar-refractivity contribution is 5.91. The molecule has 28 heavy (non-hydrogen) atoms. The van der Waals surface area contributed by atoms with Crippen molar-refractivity contribution >= 4 is 16.8 Å². The molecular formula is C22H20N2O4. The number of nitrogens with zero attached hydrogens (tertiary/aromatic N) is 1. The van der Waals surface area contributed by atoms with E-state index < -0.39 is 0 Å². The Hall–Kier alpha value is -3.54. The first kappa shape index (κ1) is 17.9. The standard InChI is InChI=1S/C22H20N2O4/c1-14-9-15(2)18-11-16(21(25)23-19(18)10-14)12-24(13-17-5-3-7-27-17)22(26)20-6-4-8-28-20/h3-11H,12-13H2,1-2H3,(H,23,25). The second kappa shape index (κ2) is 7.23. The minimum atomic E-state index is -0.304. The fourth-order valence-corrected chi connectivity index (χ4v) is 3.39. The molecule has 1 amide bonds. The first-order valence-electron chi connectivity index (χ1n) is 8.99. The maximum Gasteiger partial charge on any atom is 0.290 e. The minimum absolute atomic E-state index is 0.138. The molecule has 6 heteroatoms. The van der Waals surface area contributed by atoms with Crippen LogP contribution in [0.2, 0.25) is 0 Å². The van der Waals surface area contributed by atoms with E-state index in [9.17, 15) is 9.59 Å². The van der Waals surface area contributed by atoms with E-state index in [0.717, 1.165) is 22.0 Å². The number of carbonyl (C=O) groups is 1. The molecule has 142 valence electrons. The zero-order valence-corrected chi connectivity index (χ0v) is 15.7. The number of pyridine rings is 1. The zero-order chi connectivity index (χ0) is 19.7. The number of hydrogen-bond acceptors (Lipinski definition) is 4. The summed E-state index contributed by atoms with van der Waals surface area (Å²) in [5.74, 6) is 0.543. The van der Waals surface area contributed by atoms with E-state index in [0.29, 0.717) is 11.3 Å². The van der Waals surface area contributed by atoms with Gasteiger partial charge in [0.1, 0.15) is 5.76 Å². The average Bonchev–Trinajstić information content (AvgIpc) is 3.35. The number of benzene rings is 1. The van der Waals surface area contributed by atoms with Crippen LogP contribution in [0.1, 0.15) is 33.0 Å². The predicted octanol–water partition coefficient (Wildman–Crippen LogP) is 4.17. The lowest BCUT2D eigenvalue weighted by molar-refractivity contribution is 0.0684. The summed E-state index contributed by atoms with van der Waals surface area (Å²) in [6.45, 7) is 4.37. The summed E-state index contributed by atoms with van der Waals surface area (Å²) in [7, 11) is 0. The molecule has 0 saturated carbocycles. The molecule has 3 aromatic heterocycles. The maximum absolute atomic E-state index is 12.9. The van der Waals surface area contributed by atoms with Crippen molar-refractivity contribution in [1.29, 1.82) is 0 Å². The number of nitrogens with one attached hydrogen (secondary N) is 1. The molecule has 0 radical (unpaired) electrons. The van der Waals surface area contributed by atoms with Crippen LogP contribution in [0.15, 0.2) is 68.6 Å². The van der Waals surface area contributed by atoms with Crippen molar-refractivity contribution in [2.24, 2.45) is 0 Å². The van der Waals surface area contributed by atoms with Gasteiger partial charge in [-0.05, 0) is 61.4 Å². The Morgan fingerprint density at radius 2 is 1.82 bits per heavy atom. The highest BCUT2D eigenvalue weighted by Crippen LogP contribution is 2.20. The predicted molar refractivity (Wildman–Crippen MR) is 105 cm³/mol. The Bertz CT molecular complexity index is 1170. The van der Waals surface area contributed by atoms with Gasteiger partial charge in [0.05, 0.1) is 25.6 Å². The third-order valence-corrected chi connectivity index (χ3v) is 4.70. The van der Waals surface area contributed by atoms with Gasteiger partial charge in [0, 0.05) is 16.5 Å². The summed E-state index contributed by atoms with van der Waals surface area (Å²) in [4.78, 5) is 30.0. The van der Waals surface area contributed by atoms with Gasteiger partial charge in [-0.1, -0.05) is 6.07 Å². The van der Waals surface area contributed by atoms with E-state index >= 15 is 0 Å². The highest BCUT2D eigenvalue weighted by atomic mass is 16.3. The number of H-pyrrole nitrogens is 1. The van der Waals surface area contributed by atoms with Crippen molar-refractivity contribution in [2.75, 3.05) is 0 Å². The van der Waals surface area contributed by atoms with Crippen molar-refractivity contribution in [3.05, 3.63) is 93.6 Å².